The number of nitrogens with zero attached hydrogens (tertiary/aromatic N) is 1. The van der Waals surface area contributed by atoms with Crippen molar-refractivity contribution >= 4 is 17.9 Å². The Labute approximate surface area is 408 Å². The van der Waals surface area contributed by atoms with Gasteiger partial charge in [0.05, 0.1) is 34.4 Å². The lowest BCUT2D eigenvalue weighted by Crippen LogP contribution is -2.50. The standard InChI is InChI=1S/C58H107NO7/c1-6-8-10-12-14-16-18-20-22-24-26-27-28-29-31-33-35-37-39-41-43-45-47-49-57(61)66-54(52-64-51-50-55(58(62)63)59(3,4)5)53-65-56(60)48-46-44-42-40-38-36-34-32-30-25-23-21-19-17-15-13-11-9-7-2/h15,17,19,21,29,31,54-55H,6-14,16,18,20,22-28,30,32-53H2,1-5H3/p+1/b17-15+,21-19+,31-29+. The molecule has 0 aliphatic heterocycles. The van der Waals surface area contributed by atoms with Crippen LogP contribution in [0.5, 0.6) is 0 Å². The number of allylic oxidation sites excluding steroid dienone is 6. The molecule has 66 heavy (non-hydrogen) atoms. The van der Waals surface area contributed by atoms with Gasteiger partial charge in [0, 0.05) is 19.3 Å². The Balaban J connectivity index is 4.18. The van der Waals surface area contributed by atoms with Crippen molar-refractivity contribution in [3.63, 3.8) is 0 Å². The van der Waals surface area contributed by atoms with E-state index in [2.05, 4.69) is 50.3 Å². The number of likely N-dealkylation sites (N-methyl/N-ethyl adjacent to an activating group) is 1. The van der Waals surface area contributed by atoms with Crippen molar-refractivity contribution in [1.29, 1.82) is 0 Å². The highest BCUT2D eigenvalue weighted by Gasteiger charge is 2.31. The fourth-order valence-electron chi connectivity index (χ4n) is 8.43. The van der Waals surface area contributed by atoms with Gasteiger partial charge in [0.2, 0.25) is 0 Å². The van der Waals surface area contributed by atoms with Gasteiger partial charge in [-0.3, -0.25) is 9.59 Å². The van der Waals surface area contributed by atoms with Crippen molar-refractivity contribution in [1.82, 2.24) is 0 Å². The van der Waals surface area contributed by atoms with Crippen LogP contribution in [0.3, 0.4) is 0 Å². The fraction of sp³-hybridized carbons (Fsp3) is 0.845. The Morgan fingerprint density at radius 1 is 0.455 bits per heavy atom. The van der Waals surface area contributed by atoms with Crippen LogP contribution in [0.1, 0.15) is 264 Å². The summed E-state index contributed by atoms with van der Waals surface area (Å²) >= 11 is 0. The minimum absolute atomic E-state index is 0.0523. The van der Waals surface area contributed by atoms with E-state index in [-0.39, 0.29) is 36.2 Å². The molecule has 0 bridgehead atoms. The second-order valence-corrected chi connectivity index (χ2v) is 20.2. The largest absolute Gasteiger partial charge is 0.477 e. The summed E-state index contributed by atoms with van der Waals surface area (Å²) in [7, 11) is 5.54. The van der Waals surface area contributed by atoms with Crippen LogP contribution in [0.15, 0.2) is 36.5 Å². The molecule has 0 saturated heterocycles. The smallest absolute Gasteiger partial charge is 0.362 e. The number of ether oxygens (including phenoxy) is 3. The predicted molar refractivity (Wildman–Crippen MR) is 280 cm³/mol. The summed E-state index contributed by atoms with van der Waals surface area (Å²) in [5.74, 6) is -1.46. The first-order valence-electron chi connectivity index (χ1n) is 28.0. The summed E-state index contributed by atoms with van der Waals surface area (Å²) in [5, 5.41) is 9.67. The highest BCUT2D eigenvalue weighted by Crippen LogP contribution is 2.16. The van der Waals surface area contributed by atoms with Crippen LogP contribution in [0, 0.1) is 0 Å². The van der Waals surface area contributed by atoms with Crippen LogP contribution >= 0.6 is 0 Å². The first-order chi connectivity index (χ1) is 32.1. The number of quaternary nitrogens is 1. The molecule has 0 radical (unpaired) electrons. The molecular formula is C58H108NO7+. The van der Waals surface area contributed by atoms with Crippen LogP contribution in [0.4, 0.5) is 0 Å². The summed E-state index contributed by atoms with van der Waals surface area (Å²) in [6.45, 7) is 4.74. The maximum atomic E-state index is 12.8. The maximum absolute atomic E-state index is 12.8. The molecular weight excluding hydrogens is 823 g/mol. The molecule has 2 unspecified atom stereocenters. The van der Waals surface area contributed by atoms with Crippen LogP contribution in [-0.4, -0.2) is 80.6 Å². The molecule has 0 aliphatic rings. The number of carbonyl (C=O) groups is 3. The van der Waals surface area contributed by atoms with Crippen molar-refractivity contribution < 1.29 is 38.2 Å². The zero-order valence-corrected chi connectivity index (χ0v) is 44.2. The Hall–Kier alpha value is -2.45. The molecule has 1 N–H and O–H groups in total. The van der Waals surface area contributed by atoms with Gasteiger partial charge >= 0.3 is 17.9 Å². The highest BCUT2D eigenvalue weighted by molar-refractivity contribution is 5.72. The molecule has 2 atom stereocenters. The van der Waals surface area contributed by atoms with E-state index in [4.69, 9.17) is 14.2 Å². The predicted octanol–water partition coefficient (Wildman–Crippen LogP) is 16.5. The van der Waals surface area contributed by atoms with E-state index >= 15 is 0 Å². The average molecular weight is 932 g/mol. The van der Waals surface area contributed by atoms with E-state index < -0.39 is 18.1 Å². The second kappa shape index (κ2) is 49.0. The number of unbranched alkanes of at least 4 members (excludes halogenated alkanes) is 32. The summed E-state index contributed by atoms with van der Waals surface area (Å²) < 4.78 is 17.4. The van der Waals surface area contributed by atoms with Gasteiger partial charge in [-0.1, -0.05) is 217 Å². The van der Waals surface area contributed by atoms with E-state index in [0.29, 0.717) is 19.3 Å². The minimum atomic E-state index is -0.873. The van der Waals surface area contributed by atoms with E-state index in [1.54, 1.807) is 0 Å². The van der Waals surface area contributed by atoms with E-state index in [1.165, 1.54) is 193 Å². The molecule has 0 saturated carbocycles. The van der Waals surface area contributed by atoms with E-state index in [9.17, 15) is 19.5 Å². The van der Waals surface area contributed by atoms with Gasteiger partial charge in [0.1, 0.15) is 6.61 Å². The molecule has 0 aromatic carbocycles. The number of carbonyl (C=O) groups excluding carboxylic acids is 2. The van der Waals surface area contributed by atoms with Crippen molar-refractivity contribution in [2.45, 2.75) is 276 Å². The molecule has 386 valence electrons. The lowest BCUT2D eigenvalue weighted by Gasteiger charge is -2.31. The molecule has 8 nitrogen and oxygen atoms in total. The summed E-state index contributed by atoms with van der Waals surface area (Å²) in [6, 6.07) is -0.616. The Bertz CT molecular complexity index is 1170. The first kappa shape index (κ1) is 63.5. The lowest BCUT2D eigenvalue weighted by atomic mass is 10.0. The quantitative estimate of drug-likeness (QED) is 0.0213. The van der Waals surface area contributed by atoms with Crippen molar-refractivity contribution in [3.05, 3.63) is 36.5 Å². The second-order valence-electron chi connectivity index (χ2n) is 20.2. The summed E-state index contributed by atoms with van der Waals surface area (Å²) in [5.41, 5.74) is 0. The molecule has 0 aliphatic carbocycles. The van der Waals surface area contributed by atoms with Gasteiger partial charge in [-0.25, -0.2) is 4.79 Å². The molecule has 8 heteroatoms. The van der Waals surface area contributed by atoms with Gasteiger partial charge in [-0.2, -0.15) is 0 Å². The van der Waals surface area contributed by atoms with Crippen molar-refractivity contribution in [2.75, 3.05) is 41.0 Å². The third-order valence-corrected chi connectivity index (χ3v) is 12.8. The SMILES string of the molecule is CCCCC/C=C/C=C/CCCCCCCCCCCCC(=O)OCC(COCCC(C(=O)O)[N+](C)(C)C)OC(=O)CCCCCCCCC/C=C/CCCCCCCCCCCCCC. The zero-order chi connectivity index (χ0) is 48.4. The Kier molecular flexibility index (Phi) is 47.2. The van der Waals surface area contributed by atoms with Gasteiger partial charge in [-0.05, 0) is 64.2 Å². The highest BCUT2D eigenvalue weighted by atomic mass is 16.6. The third-order valence-electron chi connectivity index (χ3n) is 12.8. The van der Waals surface area contributed by atoms with Crippen LogP contribution in [-0.2, 0) is 28.6 Å². The van der Waals surface area contributed by atoms with Crippen molar-refractivity contribution in [2.24, 2.45) is 0 Å². The topological polar surface area (TPSA) is 99.1 Å². The van der Waals surface area contributed by atoms with Crippen LogP contribution < -0.4 is 0 Å². The molecule has 0 heterocycles. The normalized spacial score (nSPS) is 13.0. The van der Waals surface area contributed by atoms with Crippen LogP contribution in [0.25, 0.3) is 0 Å². The monoisotopic (exact) mass is 931 g/mol. The van der Waals surface area contributed by atoms with Gasteiger partial charge in [0.15, 0.2) is 12.1 Å². The molecule has 0 aromatic rings. The summed E-state index contributed by atoms with van der Waals surface area (Å²) in [4.78, 5) is 37.2. The Morgan fingerprint density at radius 3 is 1.21 bits per heavy atom. The fourth-order valence-corrected chi connectivity index (χ4v) is 8.43. The molecule has 0 aromatic heterocycles. The zero-order valence-electron chi connectivity index (χ0n) is 44.2. The molecule has 0 spiro atoms. The number of carboxylic acids is 1. The summed E-state index contributed by atoms with van der Waals surface area (Å²) in [6.07, 6.45) is 59.1. The lowest BCUT2D eigenvalue weighted by molar-refractivity contribution is -0.887. The third kappa shape index (κ3) is 46.7. The molecule has 0 rings (SSSR count). The van der Waals surface area contributed by atoms with Gasteiger partial charge in [-0.15, -0.1) is 0 Å². The number of hydrogen-bond donors (Lipinski definition) is 1. The molecule has 0 amide bonds. The van der Waals surface area contributed by atoms with Crippen LogP contribution in [0.2, 0.25) is 0 Å². The number of aliphatic carboxylic acids is 1. The van der Waals surface area contributed by atoms with E-state index in [1.807, 2.05) is 21.1 Å². The number of hydrogen-bond acceptors (Lipinski definition) is 6. The minimum Gasteiger partial charge on any atom is -0.477 e. The number of esters is 2. The van der Waals surface area contributed by atoms with Crippen molar-refractivity contribution in [3.8, 4) is 0 Å². The van der Waals surface area contributed by atoms with Gasteiger partial charge in [0.25, 0.3) is 0 Å². The van der Waals surface area contributed by atoms with Gasteiger partial charge < -0.3 is 23.8 Å². The average Bonchev–Trinajstić information content (AvgIpc) is 3.28. The Morgan fingerprint density at radius 2 is 0.803 bits per heavy atom. The molecule has 0 fully saturated rings. The number of carboxylic acid groups (broad SMARTS) is 1. The number of rotatable bonds is 51. The van der Waals surface area contributed by atoms with E-state index in [0.717, 1.165) is 38.5 Å². The maximum Gasteiger partial charge on any atom is 0.362 e. The first-order valence-corrected chi connectivity index (χ1v) is 28.0.